The van der Waals surface area contributed by atoms with Crippen LogP contribution in [-0.2, 0) is 0 Å². The van der Waals surface area contributed by atoms with E-state index in [-0.39, 0.29) is 0 Å². The molecule has 0 amide bonds. The maximum absolute atomic E-state index is 5.31. The molecule has 0 atom stereocenters. The molecule has 0 saturated heterocycles. The van der Waals surface area contributed by atoms with Crippen LogP contribution in [0.2, 0.25) is 0 Å². The summed E-state index contributed by atoms with van der Waals surface area (Å²) in [4.78, 5) is 10.6. The van der Waals surface area contributed by atoms with Crippen LogP contribution >= 0.6 is 0 Å². The topological polar surface area (TPSA) is 30.7 Å². The molecule has 57 heavy (non-hydrogen) atoms. The number of nitrogens with zero attached hydrogens (tertiary/aromatic N) is 3. The molecule has 264 valence electrons. The molecule has 2 aromatic heterocycles. The zero-order chi connectivity index (χ0) is 37.5. The Labute approximate surface area is 328 Å². The van der Waals surface area contributed by atoms with E-state index in [0.29, 0.717) is 5.82 Å². The highest BCUT2D eigenvalue weighted by Gasteiger charge is 2.21. The molecule has 0 fully saturated rings. The summed E-state index contributed by atoms with van der Waals surface area (Å²) in [6.45, 7) is 0. The molecule has 2 heterocycles. The van der Waals surface area contributed by atoms with Crippen LogP contribution in [0.5, 0.6) is 0 Å². The predicted molar refractivity (Wildman–Crippen MR) is 240 cm³/mol. The van der Waals surface area contributed by atoms with Crippen molar-refractivity contribution in [2.24, 2.45) is 0 Å². The smallest absolute Gasteiger partial charge is 0.160 e. The summed E-state index contributed by atoms with van der Waals surface area (Å²) < 4.78 is 2.45. The molecule has 3 heteroatoms. The maximum Gasteiger partial charge on any atom is 0.160 e. The van der Waals surface area contributed by atoms with E-state index in [4.69, 9.17) is 9.97 Å². The second-order valence-electron chi connectivity index (χ2n) is 14.9. The van der Waals surface area contributed by atoms with Crippen molar-refractivity contribution >= 4 is 75.7 Å². The third-order valence-corrected chi connectivity index (χ3v) is 11.8. The summed E-state index contributed by atoms with van der Waals surface area (Å²) in [5.74, 6) is 0.694. The zero-order valence-electron chi connectivity index (χ0n) is 30.9. The molecule has 0 radical (unpaired) electrons. The Morgan fingerprint density at radius 3 is 1.49 bits per heavy atom. The Kier molecular flexibility index (Phi) is 6.93. The fourth-order valence-corrected chi connectivity index (χ4v) is 9.22. The van der Waals surface area contributed by atoms with Crippen molar-refractivity contribution in [2.75, 3.05) is 0 Å². The first-order valence-electron chi connectivity index (χ1n) is 19.5. The fourth-order valence-electron chi connectivity index (χ4n) is 9.22. The van der Waals surface area contributed by atoms with Gasteiger partial charge in [-0.2, -0.15) is 0 Å². The van der Waals surface area contributed by atoms with Gasteiger partial charge in [0.15, 0.2) is 5.82 Å². The van der Waals surface area contributed by atoms with Crippen molar-refractivity contribution in [1.29, 1.82) is 0 Å². The lowest BCUT2D eigenvalue weighted by atomic mass is 9.93. The monoisotopic (exact) mass is 723 g/mol. The summed E-state index contributed by atoms with van der Waals surface area (Å²) in [5.41, 5.74) is 8.43. The highest BCUT2D eigenvalue weighted by molar-refractivity contribution is 6.36. The highest BCUT2D eigenvalue weighted by Crippen LogP contribution is 2.45. The lowest BCUT2D eigenvalue weighted by Gasteiger charge is -2.14. The first-order valence-corrected chi connectivity index (χ1v) is 19.5. The Hall–Kier alpha value is -7.62. The Balaban J connectivity index is 1.10. The molecule has 0 spiro atoms. The van der Waals surface area contributed by atoms with Gasteiger partial charge in [-0.15, -0.1) is 0 Å². The van der Waals surface area contributed by atoms with Crippen molar-refractivity contribution in [2.45, 2.75) is 0 Å². The van der Waals surface area contributed by atoms with Crippen LogP contribution in [0.15, 0.2) is 200 Å². The number of para-hydroxylation sites is 1. The maximum atomic E-state index is 5.31. The minimum Gasteiger partial charge on any atom is -0.309 e. The van der Waals surface area contributed by atoms with Gasteiger partial charge in [-0.05, 0) is 79.5 Å². The number of rotatable bonds is 4. The van der Waals surface area contributed by atoms with Gasteiger partial charge in [0.05, 0.1) is 22.4 Å². The molecular formula is C54H33N3. The second-order valence-corrected chi connectivity index (χ2v) is 14.9. The van der Waals surface area contributed by atoms with Crippen LogP contribution in [0.3, 0.4) is 0 Å². The van der Waals surface area contributed by atoms with Crippen LogP contribution in [0.1, 0.15) is 0 Å². The molecule has 0 aliphatic heterocycles. The van der Waals surface area contributed by atoms with E-state index in [2.05, 4.69) is 205 Å². The molecule has 10 aromatic carbocycles. The van der Waals surface area contributed by atoms with Crippen LogP contribution in [0.25, 0.3) is 115 Å². The molecule has 3 nitrogen and oxygen atoms in total. The van der Waals surface area contributed by atoms with Gasteiger partial charge < -0.3 is 4.57 Å². The van der Waals surface area contributed by atoms with Crippen LogP contribution < -0.4 is 0 Å². The van der Waals surface area contributed by atoms with E-state index < -0.39 is 0 Å². The summed E-state index contributed by atoms with van der Waals surface area (Å²) in [6.07, 6.45) is 0. The lowest BCUT2D eigenvalue weighted by Crippen LogP contribution is -1.98. The molecular weight excluding hydrogens is 691 g/mol. The van der Waals surface area contributed by atoms with Crippen molar-refractivity contribution < 1.29 is 0 Å². The largest absolute Gasteiger partial charge is 0.309 e. The van der Waals surface area contributed by atoms with Gasteiger partial charge in [0.25, 0.3) is 0 Å². The zero-order valence-corrected chi connectivity index (χ0v) is 30.9. The van der Waals surface area contributed by atoms with E-state index in [1.54, 1.807) is 0 Å². The highest BCUT2D eigenvalue weighted by atomic mass is 15.0. The van der Waals surface area contributed by atoms with Gasteiger partial charge in [-0.25, -0.2) is 9.97 Å². The van der Waals surface area contributed by atoms with Gasteiger partial charge in [0.2, 0.25) is 0 Å². The number of hydrogen-bond acceptors (Lipinski definition) is 2. The Bertz CT molecular complexity index is 3470. The van der Waals surface area contributed by atoms with Crippen molar-refractivity contribution in [3.63, 3.8) is 0 Å². The quantitative estimate of drug-likeness (QED) is 0.169. The van der Waals surface area contributed by atoms with Crippen LogP contribution in [-0.4, -0.2) is 14.5 Å². The summed E-state index contributed by atoms with van der Waals surface area (Å²) in [7, 11) is 0. The van der Waals surface area contributed by atoms with Gasteiger partial charge in [0.1, 0.15) is 0 Å². The van der Waals surface area contributed by atoms with Gasteiger partial charge in [-0.3, -0.25) is 0 Å². The van der Waals surface area contributed by atoms with Crippen molar-refractivity contribution in [3.05, 3.63) is 200 Å². The molecule has 0 unspecified atom stereocenters. The standard InChI is InChI=1S/C54H33N3/c1-4-18-39-34(13-1)16-11-24-43(39)48-33-49(44-25-12-17-35-14-2-5-19-40(35)44)56-54(55-48)37-27-30-38(31-28-37)57-50-26-10-9-23-47(50)52-51-41-20-6-3-15-36(41)29-32-45(51)42-21-7-8-22-46(42)53(52)57/h1-33H. The van der Waals surface area contributed by atoms with E-state index in [0.717, 1.165) is 33.8 Å². The average Bonchev–Trinajstić information content (AvgIpc) is 3.64. The summed E-state index contributed by atoms with van der Waals surface area (Å²) >= 11 is 0. The predicted octanol–water partition coefficient (Wildman–Crippen LogP) is 14.3. The van der Waals surface area contributed by atoms with Gasteiger partial charge in [0, 0.05) is 43.9 Å². The van der Waals surface area contributed by atoms with E-state index in [1.165, 1.54) is 75.7 Å². The molecule has 0 bridgehead atoms. The van der Waals surface area contributed by atoms with Crippen LogP contribution in [0.4, 0.5) is 0 Å². The van der Waals surface area contributed by atoms with Gasteiger partial charge >= 0.3 is 0 Å². The fraction of sp³-hybridized carbons (Fsp3) is 0. The van der Waals surface area contributed by atoms with Crippen molar-refractivity contribution in [1.82, 2.24) is 14.5 Å². The molecule has 0 aliphatic carbocycles. The Morgan fingerprint density at radius 1 is 0.333 bits per heavy atom. The first kappa shape index (κ1) is 31.7. The minimum atomic E-state index is 0.694. The summed E-state index contributed by atoms with van der Waals surface area (Å²) in [5, 5.41) is 14.8. The van der Waals surface area contributed by atoms with Gasteiger partial charge in [-0.1, -0.05) is 164 Å². The number of fused-ring (bicyclic) bond motifs is 12. The van der Waals surface area contributed by atoms with Crippen molar-refractivity contribution in [3.8, 4) is 39.6 Å². The lowest BCUT2D eigenvalue weighted by molar-refractivity contribution is 1.17. The third kappa shape index (κ3) is 4.86. The molecule has 12 aromatic rings. The molecule has 0 saturated carbocycles. The Morgan fingerprint density at radius 2 is 0.842 bits per heavy atom. The first-order chi connectivity index (χ1) is 28.3. The van der Waals surface area contributed by atoms with E-state index >= 15 is 0 Å². The number of aromatic nitrogens is 3. The SMILES string of the molecule is c1ccc2c(-c3cc(-c4cccc5ccccc45)nc(-c4ccc(-n5c6ccccc6c6c7c8ccccc8ccc7c7ccccc7c65)cc4)n3)cccc2c1. The normalized spacial score (nSPS) is 11.9. The molecule has 0 N–H and O–H groups in total. The van der Waals surface area contributed by atoms with Crippen LogP contribution in [0, 0.1) is 0 Å². The number of benzene rings is 10. The summed E-state index contributed by atoms with van der Waals surface area (Å²) in [6, 6.07) is 72.0. The second kappa shape index (κ2) is 12.5. The number of hydrogen-bond donors (Lipinski definition) is 0. The minimum absolute atomic E-state index is 0.694. The average molecular weight is 724 g/mol. The van der Waals surface area contributed by atoms with E-state index in [1.807, 2.05) is 0 Å². The van der Waals surface area contributed by atoms with E-state index in [9.17, 15) is 0 Å². The molecule has 0 aliphatic rings. The molecule has 12 rings (SSSR count). The third-order valence-electron chi connectivity index (χ3n) is 11.8.